The van der Waals surface area contributed by atoms with E-state index in [1.54, 1.807) is 0 Å². The SMILES string of the molecule is NC(=O)/C=C/c1cc2c(C(F)(F)F)ccc(Cl)c2[nH]1. The number of amides is 1. The maximum absolute atomic E-state index is 12.8. The van der Waals surface area contributed by atoms with E-state index >= 15 is 0 Å². The Hall–Kier alpha value is -1.95. The van der Waals surface area contributed by atoms with Gasteiger partial charge in [-0.25, -0.2) is 0 Å². The van der Waals surface area contributed by atoms with Gasteiger partial charge in [0.1, 0.15) is 0 Å². The van der Waals surface area contributed by atoms with Crippen molar-refractivity contribution in [3.8, 4) is 0 Å². The first kappa shape index (κ1) is 13.5. The van der Waals surface area contributed by atoms with E-state index in [2.05, 4.69) is 4.98 Å². The Morgan fingerprint density at radius 3 is 2.63 bits per heavy atom. The van der Waals surface area contributed by atoms with E-state index in [1.165, 1.54) is 18.2 Å². The van der Waals surface area contributed by atoms with Crippen molar-refractivity contribution in [2.45, 2.75) is 6.18 Å². The molecule has 3 nitrogen and oxygen atoms in total. The molecule has 2 aromatic rings. The lowest BCUT2D eigenvalue weighted by Crippen LogP contribution is -2.05. The fraction of sp³-hybridized carbons (Fsp3) is 0.0833. The Morgan fingerprint density at radius 2 is 2.05 bits per heavy atom. The Balaban J connectivity index is 2.63. The third-order valence-electron chi connectivity index (χ3n) is 2.50. The molecule has 0 radical (unpaired) electrons. The standard InChI is InChI=1S/C12H8ClF3N2O/c13-9-3-2-8(12(14,15)16)7-5-6(18-11(7)9)1-4-10(17)19/h1-5,18H,(H2,17,19)/b4-1+. The lowest BCUT2D eigenvalue weighted by molar-refractivity contribution is -0.136. The monoisotopic (exact) mass is 288 g/mol. The van der Waals surface area contributed by atoms with Crippen molar-refractivity contribution >= 4 is 34.5 Å². The fourth-order valence-electron chi connectivity index (χ4n) is 1.71. The van der Waals surface area contributed by atoms with Crippen LogP contribution >= 0.6 is 11.6 Å². The highest BCUT2D eigenvalue weighted by molar-refractivity contribution is 6.35. The van der Waals surface area contributed by atoms with Crippen LogP contribution in [0.2, 0.25) is 5.02 Å². The molecule has 0 bridgehead atoms. The molecule has 0 saturated heterocycles. The number of alkyl halides is 3. The van der Waals surface area contributed by atoms with E-state index < -0.39 is 17.6 Å². The van der Waals surface area contributed by atoms with Gasteiger partial charge < -0.3 is 10.7 Å². The van der Waals surface area contributed by atoms with Gasteiger partial charge in [-0.15, -0.1) is 0 Å². The number of carbonyl (C=O) groups excluding carboxylic acids is 1. The van der Waals surface area contributed by atoms with E-state index in [0.29, 0.717) is 5.69 Å². The number of primary amides is 1. The molecule has 3 N–H and O–H groups in total. The molecule has 0 fully saturated rings. The summed E-state index contributed by atoms with van der Waals surface area (Å²) >= 11 is 5.84. The number of fused-ring (bicyclic) bond motifs is 1. The maximum Gasteiger partial charge on any atom is 0.417 e. The number of nitrogens with one attached hydrogen (secondary N) is 1. The van der Waals surface area contributed by atoms with Gasteiger partial charge in [0.05, 0.1) is 16.1 Å². The molecule has 100 valence electrons. The smallest absolute Gasteiger partial charge is 0.366 e. The van der Waals surface area contributed by atoms with E-state index in [0.717, 1.165) is 12.1 Å². The number of aromatic nitrogens is 1. The zero-order valence-corrected chi connectivity index (χ0v) is 10.1. The first-order valence-corrected chi connectivity index (χ1v) is 5.53. The molecule has 1 aromatic heterocycles. The summed E-state index contributed by atoms with van der Waals surface area (Å²) in [6.07, 6.45) is -2.14. The zero-order chi connectivity index (χ0) is 14.2. The molecule has 7 heteroatoms. The van der Waals surface area contributed by atoms with E-state index in [4.69, 9.17) is 17.3 Å². The summed E-state index contributed by atoms with van der Waals surface area (Å²) < 4.78 is 38.5. The summed E-state index contributed by atoms with van der Waals surface area (Å²) in [5.74, 6) is -0.694. The van der Waals surface area contributed by atoms with Crippen molar-refractivity contribution in [1.82, 2.24) is 4.98 Å². The van der Waals surface area contributed by atoms with Crippen LogP contribution in [0, 0.1) is 0 Å². The van der Waals surface area contributed by atoms with Gasteiger partial charge in [-0.05, 0) is 24.3 Å². The minimum Gasteiger partial charge on any atom is -0.366 e. The molecule has 0 aliphatic heterocycles. The fourth-order valence-corrected chi connectivity index (χ4v) is 1.93. The predicted molar refractivity (Wildman–Crippen MR) is 66.5 cm³/mol. The lowest BCUT2D eigenvalue weighted by Gasteiger charge is -2.08. The number of aromatic amines is 1. The van der Waals surface area contributed by atoms with Gasteiger partial charge >= 0.3 is 6.18 Å². The Morgan fingerprint density at radius 1 is 1.37 bits per heavy atom. The number of H-pyrrole nitrogens is 1. The van der Waals surface area contributed by atoms with E-state index in [1.807, 2.05) is 0 Å². The topological polar surface area (TPSA) is 58.9 Å². The third-order valence-corrected chi connectivity index (χ3v) is 2.81. The van der Waals surface area contributed by atoms with Crippen molar-refractivity contribution < 1.29 is 18.0 Å². The highest BCUT2D eigenvalue weighted by Gasteiger charge is 2.33. The quantitative estimate of drug-likeness (QED) is 0.818. The third kappa shape index (κ3) is 2.73. The Labute approximate surface area is 110 Å². The maximum atomic E-state index is 12.8. The molecule has 1 heterocycles. The number of benzene rings is 1. The number of hydrogen-bond donors (Lipinski definition) is 2. The zero-order valence-electron chi connectivity index (χ0n) is 9.38. The summed E-state index contributed by atoms with van der Waals surface area (Å²) in [4.78, 5) is 13.3. The molecule has 0 aliphatic rings. The molecule has 0 atom stereocenters. The van der Waals surface area contributed by atoms with Gasteiger partial charge in [0.15, 0.2) is 0 Å². The summed E-state index contributed by atoms with van der Waals surface area (Å²) in [7, 11) is 0. The minimum atomic E-state index is -4.48. The van der Waals surface area contributed by atoms with Crippen LogP contribution in [-0.4, -0.2) is 10.9 Å². The molecular formula is C12H8ClF3N2O. The van der Waals surface area contributed by atoms with Gasteiger partial charge in [-0.1, -0.05) is 11.6 Å². The second-order valence-electron chi connectivity index (χ2n) is 3.84. The summed E-state index contributed by atoms with van der Waals surface area (Å²) in [6.45, 7) is 0. The summed E-state index contributed by atoms with van der Waals surface area (Å²) in [5.41, 5.74) is 4.61. The van der Waals surface area contributed by atoms with Gasteiger partial charge in [0.25, 0.3) is 0 Å². The van der Waals surface area contributed by atoms with Crippen LogP contribution in [-0.2, 0) is 11.0 Å². The largest absolute Gasteiger partial charge is 0.417 e. The van der Waals surface area contributed by atoms with Crippen molar-refractivity contribution in [3.63, 3.8) is 0 Å². The highest BCUT2D eigenvalue weighted by Crippen LogP contribution is 2.37. The van der Waals surface area contributed by atoms with Crippen LogP contribution in [0.3, 0.4) is 0 Å². The molecule has 19 heavy (non-hydrogen) atoms. The minimum absolute atomic E-state index is 0.0517. The van der Waals surface area contributed by atoms with Gasteiger partial charge in [-0.3, -0.25) is 4.79 Å². The molecule has 0 unspecified atom stereocenters. The lowest BCUT2D eigenvalue weighted by atomic mass is 10.1. The van der Waals surface area contributed by atoms with Crippen LogP contribution in [0.1, 0.15) is 11.3 Å². The average molecular weight is 289 g/mol. The molecule has 0 aliphatic carbocycles. The van der Waals surface area contributed by atoms with Crippen LogP contribution in [0.15, 0.2) is 24.3 Å². The van der Waals surface area contributed by atoms with Crippen LogP contribution in [0.25, 0.3) is 17.0 Å². The molecule has 1 aromatic carbocycles. The molecule has 0 saturated carbocycles. The van der Waals surface area contributed by atoms with Gasteiger partial charge in [-0.2, -0.15) is 13.2 Å². The summed E-state index contributed by atoms with van der Waals surface area (Å²) in [5, 5.41) is 0.117. The van der Waals surface area contributed by atoms with Crippen molar-refractivity contribution in [1.29, 1.82) is 0 Å². The number of nitrogens with two attached hydrogens (primary N) is 1. The van der Waals surface area contributed by atoms with Crippen LogP contribution in [0.5, 0.6) is 0 Å². The van der Waals surface area contributed by atoms with Crippen molar-refractivity contribution in [2.75, 3.05) is 0 Å². The Kier molecular flexibility index (Phi) is 3.28. The highest BCUT2D eigenvalue weighted by atomic mass is 35.5. The van der Waals surface area contributed by atoms with Gasteiger partial charge in [0.2, 0.25) is 5.91 Å². The van der Waals surface area contributed by atoms with Crippen LogP contribution in [0.4, 0.5) is 13.2 Å². The second-order valence-corrected chi connectivity index (χ2v) is 4.25. The summed E-state index contributed by atoms with van der Waals surface area (Å²) in [6, 6.07) is 3.36. The molecule has 1 amide bonds. The predicted octanol–water partition coefficient (Wildman–Crippen LogP) is 3.34. The average Bonchev–Trinajstić information content (AvgIpc) is 2.69. The first-order chi connectivity index (χ1) is 8.79. The normalized spacial score (nSPS) is 12.4. The Bertz CT molecular complexity index is 673. The van der Waals surface area contributed by atoms with Crippen LogP contribution < -0.4 is 5.73 Å². The second kappa shape index (κ2) is 4.62. The van der Waals surface area contributed by atoms with Gasteiger partial charge in [0, 0.05) is 17.2 Å². The van der Waals surface area contributed by atoms with E-state index in [9.17, 15) is 18.0 Å². The first-order valence-electron chi connectivity index (χ1n) is 5.15. The number of hydrogen-bond acceptors (Lipinski definition) is 1. The molecule has 0 spiro atoms. The number of rotatable bonds is 2. The molecular weight excluding hydrogens is 281 g/mol. The van der Waals surface area contributed by atoms with E-state index in [-0.39, 0.29) is 15.9 Å². The van der Waals surface area contributed by atoms with Crippen molar-refractivity contribution in [3.05, 3.63) is 40.6 Å². The van der Waals surface area contributed by atoms with Crippen molar-refractivity contribution in [2.24, 2.45) is 5.73 Å². The number of carbonyl (C=O) groups is 1. The number of halogens is 4. The molecule has 2 rings (SSSR count).